The van der Waals surface area contributed by atoms with Gasteiger partial charge >= 0.3 is 5.97 Å². The molecule has 2 aliphatic rings. The quantitative estimate of drug-likeness (QED) is 0.554. The molecule has 0 amide bonds. The highest BCUT2D eigenvalue weighted by Crippen LogP contribution is 2.38. The van der Waals surface area contributed by atoms with Gasteiger partial charge in [0.25, 0.3) is 0 Å². The summed E-state index contributed by atoms with van der Waals surface area (Å²) in [6.45, 7) is 0.934. The Morgan fingerprint density at radius 2 is 2.17 bits per heavy atom. The van der Waals surface area contributed by atoms with Gasteiger partial charge in [0.2, 0.25) is 0 Å². The molecule has 0 aliphatic heterocycles. The summed E-state index contributed by atoms with van der Waals surface area (Å²) in [6, 6.07) is 0. The lowest BCUT2D eigenvalue weighted by atomic mass is 9.92. The lowest BCUT2D eigenvalue weighted by molar-refractivity contribution is -0.136. The summed E-state index contributed by atoms with van der Waals surface area (Å²) < 4.78 is 15.4. The molecule has 0 fully saturated rings. The average Bonchev–Trinajstić information content (AvgIpc) is 2.76. The number of carbonyl (C=O) groups is 1. The Morgan fingerprint density at radius 3 is 2.89 bits per heavy atom. The molecule has 0 unspecified atom stereocenters. The topological polar surface area (TPSA) is 44.8 Å². The predicted molar refractivity (Wildman–Crippen MR) is 66.9 cm³/mol. The summed E-state index contributed by atoms with van der Waals surface area (Å²) in [5.74, 6) is 0.281. The minimum absolute atomic E-state index is 0.332. The molecule has 0 bridgehead atoms. The average molecular weight is 250 g/mol. The Bertz CT molecular complexity index is 429. The van der Waals surface area contributed by atoms with Crippen molar-refractivity contribution in [2.45, 2.75) is 19.3 Å². The van der Waals surface area contributed by atoms with E-state index in [0.717, 1.165) is 24.8 Å². The van der Waals surface area contributed by atoms with Crippen LogP contribution in [0.25, 0.3) is 0 Å². The Balaban J connectivity index is 2.23. The van der Waals surface area contributed by atoms with E-state index in [1.165, 1.54) is 12.7 Å². The second kappa shape index (κ2) is 5.87. The van der Waals surface area contributed by atoms with Gasteiger partial charge in [0.05, 0.1) is 13.7 Å². The van der Waals surface area contributed by atoms with E-state index in [9.17, 15) is 4.79 Å². The number of rotatable bonds is 5. The molecular formula is C14H18O4. The lowest BCUT2D eigenvalue weighted by Gasteiger charge is -2.13. The van der Waals surface area contributed by atoms with Gasteiger partial charge in [-0.05, 0) is 36.5 Å². The summed E-state index contributed by atoms with van der Waals surface area (Å²) in [5.41, 5.74) is 2.72. The molecule has 0 aromatic heterocycles. The van der Waals surface area contributed by atoms with Crippen LogP contribution in [0, 0.1) is 0 Å². The first-order valence-corrected chi connectivity index (χ1v) is 6.13. The number of allylic oxidation sites excluding steroid dienone is 3. The largest absolute Gasteiger partial charge is 0.490 e. The van der Waals surface area contributed by atoms with Crippen molar-refractivity contribution >= 4 is 5.97 Å². The summed E-state index contributed by atoms with van der Waals surface area (Å²) in [5, 5.41) is 0. The highest BCUT2D eigenvalue weighted by atomic mass is 16.5. The zero-order valence-corrected chi connectivity index (χ0v) is 10.8. The van der Waals surface area contributed by atoms with E-state index in [1.807, 2.05) is 6.08 Å². The van der Waals surface area contributed by atoms with Gasteiger partial charge in [0.15, 0.2) is 0 Å². The Morgan fingerprint density at radius 1 is 1.33 bits per heavy atom. The van der Waals surface area contributed by atoms with Crippen LogP contribution in [-0.4, -0.2) is 33.4 Å². The normalized spacial score (nSPS) is 18.1. The molecule has 0 spiro atoms. The lowest BCUT2D eigenvalue weighted by Crippen LogP contribution is -2.11. The van der Waals surface area contributed by atoms with Crippen molar-refractivity contribution < 1.29 is 19.0 Å². The molecule has 4 heteroatoms. The number of methoxy groups -OCH3 is 2. The Kier molecular flexibility index (Phi) is 4.20. The van der Waals surface area contributed by atoms with Gasteiger partial charge < -0.3 is 14.2 Å². The number of hydrogen-bond donors (Lipinski definition) is 0. The summed E-state index contributed by atoms with van der Waals surface area (Å²) in [6.07, 6.45) is 7.15. The number of esters is 1. The molecule has 2 rings (SSSR count). The van der Waals surface area contributed by atoms with Crippen LogP contribution in [0.3, 0.4) is 0 Å². The number of carbonyl (C=O) groups excluding carboxylic acids is 1. The minimum atomic E-state index is -0.332. The third-order valence-electron chi connectivity index (χ3n) is 3.10. The number of hydrogen-bond acceptors (Lipinski definition) is 4. The van der Waals surface area contributed by atoms with Crippen molar-refractivity contribution in [2.24, 2.45) is 0 Å². The Labute approximate surface area is 107 Å². The first-order chi connectivity index (χ1) is 8.77. The van der Waals surface area contributed by atoms with Crippen molar-refractivity contribution in [1.82, 2.24) is 0 Å². The van der Waals surface area contributed by atoms with Crippen molar-refractivity contribution in [2.75, 3.05) is 27.4 Å². The van der Waals surface area contributed by atoms with E-state index in [4.69, 9.17) is 14.2 Å². The fraction of sp³-hybridized carbons (Fsp3) is 0.500. The highest BCUT2D eigenvalue weighted by Gasteiger charge is 2.30. The maximum absolute atomic E-state index is 11.8. The molecule has 0 aromatic rings. The Hall–Kier alpha value is -1.55. The van der Waals surface area contributed by atoms with Gasteiger partial charge in [-0.1, -0.05) is 6.08 Å². The molecule has 98 valence electrons. The van der Waals surface area contributed by atoms with Crippen molar-refractivity contribution in [1.29, 1.82) is 0 Å². The predicted octanol–water partition coefficient (Wildman–Crippen LogP) is 2.13. The molecule has 0 aromatic carbocycles. The van der Waals surface area contributed by atoms with Crippen molar-refractivity contribution in [3.05, 3.63) is 34.6 Å². The van der Waals surface area contributed by atoms with E-state index in [1.54, 1.807) is 7.11 Å². The molecule has 0 atom stereocenters. The highest BCUT2D eigenvalue weighted by molar-refractivity contribution is 5.97. The van der Waals surface area contributed by atoms with Crippen LogP contribution in [0.5, 0.6) is 0 Å². The zero-order valence-electron chi connectivity index (χ0n) is 10.8. The van der Waals surface area contributed by atoms with Crippen LogP contribution in [0.1, 0.15) is 19.3 Å². The maximum atomic E-state index is 11.8. The molecule has 4 nitrogen and oxygen atoms in total. The van der Waals surface area contributed by atoms with Crippen LogP contribution in [0.15, 0.2) is 34.6 Å². The van der Waals surface area contributed by atoms with Crippen molar-refractivity contribution in [3.63, 3.8) is 0 Å². The minimum Gasteiger partial charge on any atom is -0.490 e. The molecule has 0 radical (unpaired) electrons. The van der Waals surface area contributed by atoms with Gasteiger partial charge in [-0.25, -0.2) is 4.79 Å². The van der Waals surface area contributed by atoms with Gasteiger partial charge in [0.1, 0.15) is 17.9 Å². The number of fused-ring (bicyclic) bond motifs is 1. The van der Waals surface area contributed by atoms with Crippen LogP contribution >= 0.6 is 0 Å². The molecule has 0 heterocycles. The fourth-order valence-electron chi connectivity index (χ4n) is 2.24. The monoisotopic (exact) mass is 250 g/mol. The van der Waals surface area contributed by atoms with Gasteiger partial charge in [-0.3, -0.25) is 0 Å². The summed E-state index contributed by atoms with van der Waals surface area (Å²) in [7, 11) is 3.01. The second-order valence-corrected chi connectivity index (χ2v) is 4.25. The van der Waals surface area contributed by atoms with Gasteiger partial charge in [0, 0.05) is 7.11 Å². The number of ether oxygens (including phenoxy) is 3. The summed E-state index contributed by atoms with van der Waals surface area (Å²) in [4.78, 5) is 11.8. The first kappa shape index (κ1) is 12.9. The van der Waals surface area contributed by atoms with E-state index in [0.29, 0.717) is 24.5 Å². The van der Waals surface area contributed by atoms with Crippen LogP contribution in [0.4, 0.5) is 0 Å². The SMILES string of the molecule is COCCOC1=C(C(=O)OC)C2=CCCCC2=C1. The second-order valence-electron chi connectivity index (χ2n) is 4.25. The van der Waals surface area contributed by atoms with Crippen molar-refractivity contribution in [3.8, 4) is 0 Å². The third kappa shape index (κ3) is 2.48. The van der Waals surface area contributed by atoms with E-state index in [-0.39, 0.29) is 5.97 Å². The van der Waals surface area contributed by atoms with E-state index < -0.39 is 0 Å². The zero-order chi connectivity index (χ0) is 13.0. The van der Waals surface area contributed by atoms with E-state index in [2.05, 4.69) is 6.08 Å². The molecule has 0 saturated carbocycles. The molecular weight excluding hydrogens is 232 g/mol. The molecule has 0 N–H and O–H groups in total. The standard InChI is InChI=1S/C14H18O4/c1-16-7-8-18-12-9-10-5-3-4-6-11(10)13(12)14(15)17-2/h6,9H,3-5,7-8H2,1-2H3. The van der Waals surface area contributed by atoms with Crippen LogP contribution < -0.4 is 0 Å². The molecule has 2 aliphatic carbocycles. The molecule has 0 saturated heterocycles. The van der Waals surface area contributed by atoms with Gasteiger partial charge in [-0.15, -0.1) is 0 Å². The molecule has 18 heavy (non-hydrogen) atoms. The van der Waals surface area contributed by atoms with E-state index >= 15 is 0 Å². The van der Waals surface area contributed by atoms with Crippen LogP contribution in [-0.2, 0) is 19.0 Å². The smallest absolute Gasteiger partial charge is 0.342 e. The third-order valence-corrected chi connectivity index (χ3v) is 3.10. The first-order valence-electron chi connectivity index (χ1n) is 6.13. The maximum Gasteiger partial charge on any atom is 0.342 e. The van der Waals surface area contributed by atoms with Gasteiger partial charge in [-0.2, -0.15) is 0 Å². The summed E-state index contributed by atoms with van der Waals surface area (Å²) >= 11 is 0. The van der Waals surface area contributed by atoms with Crippen LogP contribution in [0.2, 0.25) is 0 Å². The fourth-order valence-corrected chi connectivity index (χ4v) is 2.24.